The quantitative estimate of drug-likeness (QED) is 0.745. The summed E-state index contributed by atoms with van der Waals surface area (Å²) in [6, 6.07) is 8.30. The highest BCUT2D eigenvalue weighted by atomic mass is 16.2. The van der Waals surface area contributed by atoms with Gasteiger partial charge in [0.25, 0.3) is 0 Å². The summed E-state index contributed by atoms with van der Waals surface area (Å²) in [4.78, 5) is 24.9. The Kier molecular flexibility index (Phi) is 5.77. The molecule has 2 saturated carbocycles. The molecule has 0 aromatic heterocycles. The van der Waals surface area contributed by atoms with Crippen LogP contribution >= 0.6 is 0 Å². The molecule has 5 heteroatoms. The van der Waals surface area contributed by atoms with Crippen LogP contribution in [0.4, 0.5) is 5.69 Å². The number of fused-ring (bicyclic) bond motifs is 1. The third kappa shape index (κ3) is 4.52. The van der Waals surface area contributed by atoms with E-state index in [9.17, 15) is 9.59 Å². The largest absolute Gasteiger partial charge is 0.351 e. The standard InChI is InChI=1S/C22H31N3O2/c26-21(16-7-1-2-8-16)24-18-10-5-6-15(12-18)14-23-22(27)20-13-17-9-3-4-11-19(17)25-20/h5-6,10,12,16-17,19-20,25H,1-4,7-9,11,13-14H2,(H,23,27)(H,24,26). The summed E-state index contributed by atoms with van der Waals surface area (Å²) in [6.07, 6.45) is 10.3. The van der Waals surface area contributed by atoms with Crippen molar-refractivity contribution in [3.63, 3.8) is 0 Å². The van der Waals surface area contributed by atoms with E-state index < -0.39 is 0 Å². The first-order valence-electron chi connectivity index (χ1n) is 10.6. The van der Waals surface area contributed by atoms with Crippen molar-refractivity contribution < 1.29 is 9.59 Å². The predicted octanol–water partition coefficient (Wildman–Crippen LogP) is 3.35. The molecule has 3 fully saturated rings. The summed E-state index contributed by atoms with van der Waals surface area (Å²) in [5.41, 5.74) is 1.84. The fourth-order valence-electron chi connectivity index (χ4n) is 5.02. The Morgan fingerprint density at radius 1 is 1.00 bits per heavy atom. The number of benzene rings is 1. The normalized spacial score (nSPS) is 27.9. The smallest absolute Gasteiger partial charge is 0.237 e. The molecule has 1 heterocycles. The van der Waals surface area contributed by atoms with Gasteiger partial charge in [-0.3, -0.25) is 9.59 Å². The summed E-state index contributed by atoms with van der Waals surface area (Å²) < 4.78 is 0. The third-order valence-electron chi connectivity index (χ3n) is 6.57. The molecule has 3 atom stereocenters. The van der Waals surface area contributed by atoms with Crippen LogP contribution in [0.25, 0.3) is 0 Å². The van der Waals surface area contributed by atoms with Crippen molar-refractivity contribution in [3.05, 3.63) is 29.8 Å². The van der Waals surface area contributed by atoms with Gasteiger partial charge in [0, 0.05) is 24.2 Å². The van der Waals surface area contributed by atoms with Crippen molar-refractivity contribution in [2.45, 2.75) is 76.4 Å². The van der Waals surface area contributed by atoms with E-state index in [1.165, 1.54) is 25.7 Å². The maximum absolute atomic E-state index is 12.6. The number of hydrogen-bond donors (Lipinski definition) is 3. The topological polar surface area (TPSA) is 70.2 Å². The number of amides is 2. The Hall–Kier alpha value is -1.88. The Morgan fingerprint density at radius 3 is 2.59 bits per heavy atom. The van der Waals surface area contributed by atoms with Crippen molar-refractivity contribution in [2.75, 3.05) is 5.32 Å². The van der Waals surface area contributed by atoms with Crippen LogP contribution in [-0.4, -0.2) is 23.9 Å². The van der Waals surface area contributed by atoms with Gasteiger partial charge < -0.3 is 16.0 Å². The van der Waals surface area contributed by atoms with Gasteiger partial charge in [0.05, 0.1) is 6.04 Å². The number of carbonyl (C=O) groups excluding carboxylic acids is 2. The van der Waals surface area contributed by atoms with E-state index >= 15 is 0 Å². The number of nitrogens with one attached hydrogen (secondary N) is 3. The summed E-state index contributed by atoms with van der Waals surface area (Å²) in [7, 11) is 0. The molecular weight excluding hydrogens is 338 g/mol. The number of hydrogen-bond acceptors (Lipinski definition) is 3. The first-order valence-corrected chi connectivity index (χ1v) is 10.6. The van der Waals surface area contributed by atoms with Gasteiger partial charge in [0.1, 0.15) is 0 Å². The Morgan fingerprint density at radius 2 is 1.78 bits per heavy atom. The number of anilines is 1. The van der Waals surface area contributed by atoms with Crippen LogP contribution in [0.1, 0.15) is 63.4 Å². The summed E-state index contributed by atoms with van der Waals surface area (Å²) in [6.45, 7) is 0.499. The second kappa shape index (κ2) is 8.42. The van der Waals surface area contributed by atoms with Crippen LogP contribution in [0.3, 0.4) is 0 Å². The molecule has 146 valence electrons. The molecule has 1 aromatic carbocycles. The van der Waals surface area contributed by atoms with Crippen molar-refractivity contribution in [1.82, 2.24) is 10.6 Å². The molecule has 1 aromatic rings. The molecular formula is C22H31N3O2. The molecule has 2 aliphatic carbocycles. The van der Waals surface area contributed by atoms with Gasteiger partial charge in [0.2, 0.25) is 11.8 Å². The minimum atomic E-state index is -0.0525. The fourth-order valence-corrected chi connectivity index (χ4v) is 5.02. The molecule has 2 amide bonds. The molecule has 0 radical (unpaired) electrons. The highest BCUT2D eigenvalue weighted by molar-refractivity contribution is 5.92. The van der Waals surface area contributed by atoms with Gasteiger partial charge in [0.15, 0.2) is 0 Å². The summed E-state index contributed by atoms with van der Waals surface area (Å²) in [5, 5.41) is 9.64. The molecule has 1 aliphatic heterocycles. The summed E-state index contributed by atoms with van der Waals surface area (Å²) in [5.74, 6) is 1.06. The van der Waals surface area contributed by atoms with E-state index in [2.05, 4.69) is 16.0 Å². The van der Waals surface area contributed by atoms with Gasteiger partial charge >= 0.3 is 0 Å². The predicted molar refractivity (Wildman–Crippen MR) is 106 cm³/mol. The number of carbonyl (C=O) groups is 2. The second-order valence-electron chi connectivity index (χ2n) is 8.49. The van der Waals surface area contributed by atoms with E-state index in [4.69, 9.17) is 0 Å². The van der Waals surface area contributed by atoms with Gasteiger partial charge in [-0.15, -0.1) is 0 Å². The van der Waals surface area contributed by atoms with Gasteiger partial charge in [-0.1, -0.05) is 37.8 Å². The van der Waals surface area contributed by atoms with E-state index in [0.29, 0.717) is 18.5 Å². The maximum Gasteiger partial charge on any atom is 0.237 e. The molecule has 0 bridgehead atoms. The van der Waals surface area contributed by atoms with Crippen molar-refractivity contribution >= 4 is 17.5 Å². The van der Waals surface area contributed by atoms with Crippen LogP contribution in [0.2, 0.25) is 0 Å². The lowest BCUT2D eigenvalue weighted by molar-refractivity contribution is -0.123. The van der Waals surface area contributed by atoms with Crippen LogP contribution in [0.15, 0.2) is 24.3 Å². The number of rotatable bonds is 5. The zero-order chi connectivity index (χ0) is 18.6. The molecule has 1 saturated heterocycles. The average Bonchev–Trinajstić information content (AvgIpc) is 3.36. The van der Waals surface area contributed by atoms with E-state index in [1.54, 1.807) is 0 Å². The molecule has 3 unspecified atom stereocenters. The molecule has 3 aliphatic rings. The minimum absolute atomic E-state index is 0.0525. The first kappa shape index (κ1) is 18.5. The summed E-state index contributed by atoms with van der Waals surface area (Å²) >= 11 is 0. The van der Waals surface area contributed by atoms with Crippen molar-refractivity contribution in [3.8, 4) is 0 Å². The SMILES string of the molecule is O=C(Nc1cccc(CNC(=O)C2CC3CCCCC3N2)c1)C1CCCC1. The molecule has 5 nitrogen and oxygen atoms in total. The monoisotopic (exact) mass is 369 g/mol. The highest BCUT2D eigenvalue weighted by Gasteiger charge is 2.38. The van der Waals surface area contributed by atoms with E-state index in [1.807, 2.05) is 24.3 Å². The lowest BCUT2D eigenvalue weighted by Gasteiger charge is -2.24. The zero-order valence-corrected chi connectivity index (χ0v) is 16.0. The Labute approximate surface area is 161 Å². The minimum Gasteiger partial charge on any atom is -0.351 e. The van der Waals surface area contributed by atoms with Gasteiger partial charge in [-0.25, -0.2) is 0 Å². The van der Waals surface area contributed by atoms with Crippen molar-refractivity contribution in [1.29, 1.82) is 0 Å². The van der Waals surface area contributed by atoms with Gasteiger partial charge in [-0.2, -0.15) is 0 Å². The molecule has 0 spiro atoms. The second-order valence-corrected chi connectivity index (χ2v) is 8.49. The molecule has 4 rings (SSSR count). The van der Waals surface area contributed by atoms with E-state index in [-0.39, 0.29) is 23.8 Å². The third-order valence-corrected chi connectivity index (χ3v) is 6.57. The lowest BCUT2D eigenvalue weighted by atomic mass is 9.85. The highest BCUT2D eigenvalue weighted by Crippen LogP contribution is 2.33. The average molecular weight is 370 g/mol. The van der Waals surface area contributed by atoms with Crippen LogP contribution in [-0.2, 0) is 16.1 Å². The first-order chi connectivity index (χ1) is 13.2. The Bertz CT molecular complexity index is 670. The van der Waals surface area contributed by atoms with Crippen LogP contribution < -0.4 is 16.0 Å². The lowest BCUT2D eigenvalue weighted by Crippen LogP contribution is -2.42. The van der Waals surface area contributed by atoms with Crippen LogP contribution in [0.5, 0.6) is 0 Å². The molecule has 27 heavy (non-hydrogen) atoms. The fraction of sp³-hybridized carbons (Fsp3) is 0.636. The van der Waals surface area contributed by atoms with Gasteiger partial charge in [-0.05, 0) is 55.7 Å². The Balaban J connectivity index is 1.28. The zero-order valence-electron chi connectivity index (χ0n) is 16.0. The van der Waals surface area contributed by atoms with E-state index in [0.717, 1.165) is 43.4 Å². The maximum atomic E-state index is 12.6. The van der Waals surface area contributed by atoms with Crippen LogP contribution in [0, 0.1) is 11.8 Å². The molecule has 3 N–H and O–H groups in total. The van der Waals surface area contributed by atoms with Crippen molar-refractivity contribution in [2.24, 2.45) is 11.8 Å².